The lowest BCUT2D eigenvalue weighted by Crippen LogP contribution is -2.03. The van der Waals surface area contributed by atoms with Crippen LogP contribution in [0.25, 0.3) is 11.1 Å². The quantitative estimate of drug-likeness (QED) is 0.801. The van der Waals surface area contributed by atoms with Crippen molar-refractivity contribution in [2.75, 3.05) is 14.2 Å². The highest BCUT2D eigenvalue weighted by Crippen LogP contribution is 2.35. The number of benzene rings is 1. The summed E-state index contributed by atoms with van der Waals surface area (Å²) in [5.41, 5.74) is 1.15. The molecule has 0 fully saturated rings. The van der Waals surface area contributed by atoms with Gasteiger partial charge in [-0.3, -0.25) is 4.79 Å². The average Bonchev–Trinajstić information content (AvgIpc) is 2.48. The molecule has 0 aliphatic heterocycles. The molecule has 104 valence electrons. The van der Waals surface area contributed by atoms with E-state index in [-0.39, 0.29) is 21.8 Å². The molecule has 0 radical (unpaired) electrons. The van der Waals surface area contributed by atoms with Gasteiger partial charge in [-0.15, -0.1) is 10.2 Å². The molecule has 0 N–H and O–H groups in total. The molecular formula is C13H10BrFN2O3. The fourth-order valence-electron chi connectivity index (χ4n) is 1.75. The summed E-state index contributed by atoms with van der Waals surface area (Å²) >= 11 is 3.10. The normalized spacial score (nSPS) is 10.2. The van der Waals surface area contributed by atoms with Gasteiger partial charge in [-0.2, -0.15) is 0 Å². The van der Waals surface area contributed by atoms with E-state index in [1.54, 1.807) is 0 Å². The maximum Gasteiger partial charge on any atom is 0.244 e. The predicted octanol–water partition coefficient (Wildman–Crippen LogP) is 2.87. The lowest BCUT2D eigenvalue weighted by atomic mass is 10.0. The Morgan fingerprint density at radius 2 is 1.85 bits per heavy atom. The van der Waals surface area contributed by atoms with Crippen LogP contribution in [0.2, 0.25) is 0 Å². The number of hydrogen-bond donors (Lipinski definition) is 0. The zero-order valence-electron chi connectivity index (χ0n) is 10.7. The maximum absolute atomic E-state index is 13.3. The molecule has 20 heavy (non-hydrogen) atoms. The van der Waals surface area contributed by atoms with Crippen molar-refractivity contribution in [1.29, 1.82) is 0 Å². The molecule has 7 heteroatoms. The second kappa shape index (κ2) is 5.96. The fraction of sp³-hybridized carbons (Fsp3) is 0.154. The van der Waals surface area contributed by atoms with Crippen LogP contribution in [0.5, 0.6) is 11.8 Å². The van der Waals surface area contributed by atoms with E-state index in [4.69, 9.17) is 9.47 Å². The number of aromatic nitrogens is 2. The average molecular weight is 341 g/mol. The molecule has 2 aromatic rings. The van der Waals surface area contributed by atoms with Crippen molar-refractivity contribution in [3.05, 3.63) is 34.1 Å². The van der Waals surface area contributed by atoms with Crippen LogP contribution in [0.15, 0.2) is 22.7 Å². The van der Waals surface area contributed by atoms with Crippen LogP contribution in [-0.4, -0.2) is 30.7 Å². The van der Waals surface area contributed by atoms with Gasteiger partial charge in [0.25, 0.3) is 0 Å². The van der Waals surface area contributed by atoms with Gasteiger partial charge in [-0.05, 0) is 33.6 Å². The Labute approximate surface area is 122 Å². The molecule has 0 bridgehead atoms. The summed E-state index contributed by atoms with van der Waals surface area (Å²) < 4.78 is 23.7. The summed E-state index contributed by atoms with van der Waals surface area (Å²) in [6.07, 6.45) is 0.600. The van der Waals surface area contributed by atoms with Crippen molar-refractivity contribution in [1.82, 2.24) is 10.2 Å². The first-order chi connectivity index (χ1) is 9.62. The summed E-state index contributed by atoms with van der Waals surface area (Å²) in [4.78, 5) is 11.3. The Balaban J connectivity index is 2.75. The van der Waals surface area contributed by atoms with Crippen LogP contribution in [0.4, 0.5) is 4.39 Å². The van der Waals surface area contributed by atoms with Gasteiger partial charge in [0.1, 0.15) is 5.82 Å². The molecule has 1 heterocycles. The fourth-order valence-corrected chi connectivity index (χ4v) is 2.13. The Morgan fingerprint density at radius 1 is 1.20 bits per heavy atom. The van der Waals surface area contributed by atoms with Crippen molar-refractivity contribution in [3.8, 4) is 22.9 Å². The second-order valence-electron chi connectivity index (χ2n) is 3.75. The van der Waals surface area contributed by atoms with E-state index < -0.39 is 5.82 Å². The van der Waals surface area contributed by atoms with Crippen LogP contribution >= 0.6 is 15.9 Å². The van der Waals surface area contributed by atoms with E-state index in [2.05, 4.69) is 26.1 Å². The first-order valence-corrected chi connectivity index (χ1v) is 6.31. The minimum Gasteiger partial charge on any atom is -0.479 e. The van der Waals surface area contributed by atoms with E-state index >= 15 is 0 Å². The molecule has 2 rings (SSSR count). The molecule has 1 aromatic heterocycles. The molecule has 0 amide bonds. The summed E-state index contributed by atoms with van der Waals surface area (Å²) in [6.45, 7) is 0. The lowest BCUT2D eigenvalue weighted by molar-refractivity contribution is 0.111. The molecule has 0 spiro atoms. The SMILES string of the molecule is COc1nnc(OC)c(-c2ccc(F)c(Br)c2)c1C=O. The molecule has 1 aromatic carbocycles. The Kier molecular flexibility index (Phi) is 4.29. The summed E-state index contributed by atoms with van der Waals surface area (Å²) in [5.74, 6) is -0.169. The monoisotopic (exact) mass is 340 g/mol. The highest BCUT2D eigenvalue weighted by Gasteiger charge is 2.19. The molecule has 0 unspecified atom stereocenters. The standard InChI is InChI=1S/C13H10BrFN2O3/c1-19-12-8(6-18)11(13(20-2)17-16-12)7-3-4-10(15)9(14)5-7/h3-6H,1-2H3. The second-order valence-corrected chi connectivity index (χ2v) is 4.61. The van der Waals surface area contributed by atoms with Gasteiger partial charge >= 0.3 is 0 Å². The first kappa shape index (κ1) is 14.4. The number of rotatable bonds is 4. The summed E-state index contributed by atoms with van der Waals surface area (Å²) in [6, 6.07) is 4.33. The van der Waals surface area contributed by atoms with Gasteiger partial charge in [-0.1, -0.05) is 6.07 Å². The van der Waals surface area contributed by atoms with Crippen molar-refractivity contribution < 1.29 is 18.7 Å². The van der Waals surface area contributed by atoms with E-state index in [9.17, 15) is 9.18 Å². The zero-order chi connectivity index (χ0) is 14.7. The number of carbonyl (C=O) groups excluding carboxylic acids is 1. The van der Waals surface area contributed by atoms with E-state index in [0.717, 1.165) is 0 Å². The molecule has 0 atom stereocenters. The minimum atomic E-state index is -0.408. The van der Waals surface area contributed by atoms with Crippen molar-refractivity contribution in [2.45, 2.75) is 0 Å². The van der Waals surface area contributed by atoms with Gasteiger partial charge in [0.15, 0.2) is 6.29 Å². The molecule has 0 saturated carbocycles. The van der Waals surface area contributed by atoms with Crippen molar-refractivity contribution in [3.63, 3.8) is 0 Å². The topological polar surface area (TPSA) is 61.3 Å². The van der Waals surface area contributed by atoms with Crippen LogP contribution in [0, 0.1) is 5.82 Å². The number of halogens is 2. The van der Waals surface area contributed by atoms with Crippen LogP contribution in [0.1, 0.15) is 10.4 Å². The number of hydrogen-bond acceptors (Lipinski definition) is 5. The van der Waals surface area contributed by atoms with Crippen LogP contribution in [0.3, 0.4) is 0 Å². The van der Waals surface area contributed by atoms with E-state index in [1.165, 1.54) is 32.4 Å². The van der Waals surface area contributed by atoms with Gasteiger partial charge in [0, 0.05) is 0 Å². The number of methoxy groups -OCH3 is 2. The highest BCUT2D eigenvalue weighted by atomic mass is 79.9. The smallest absolute Gasteiger partial charge is 0.244 e. The molecule has 0 aliphatic carbocycles. The number of carbonyl (C=O) groups is 1. The van der Waals surface area contributed by atoms with Crippen molar-refractivity contribution >= 4 is 22.2 Å². The summed E-state index contributed by atoms with van der Waals surface area (Å²) in [7, 11) is 2.79. The third-order valence-electron chi connectivity index (χ3n) is 2.66. The van der Waals surface area contributed by atoms with Crippen molar-refractivity contribution in [2.24, 2.45) is 0 Å². The van der Waals surface area contributed by atoms with Gasteiger partial charge in [0.2, 0.25) is 11.8 Å². The van der Waals surface area contributed by atoms with E-state index in [0.29, 0.717) is 17.4 Å². The molecule has 0 aliphatic rings. The molecule has 5 nitrogen and oxygen atoms in total. The van der Waals surface area contributed by atoms with E-state index in [1.807, 2.05) is 0 Å². The summed E-state index contributed by atoms with van der Waals surface area (Å²) in [5, 5.41) is 7.59. The van der Waals surface area contributed by atoms with Crippen LogP contribution < -0.4 is 9.47 Å². The maximum atomic E-state index is 13.3. The Hall–Kier alpha value is -2.02. The zero-order valence-corrected chi connectivity index (χ0v) is 12.3. The Morgan fingerprint density at radius 3 is 2.40 bits per heavy atom. The molecular weight excluding hydrogens is 331 g/mol. The highest BCUT2D eigenvalue weighted by molar-refractivity contribution is 9.10. The lowest BCUT2D eigenvalue weighted by Gasteiger charge is -2.12. The number of ether oxygens (including phenoxy) is 2. The van der Waals surface area contributed by atoms with Gasteiger partial charge < -0.3 is 9.47 Å². The largest absolute Gasteiger partial charge is 0.479 e. The number of nitrogens with zero attached hydrogens (tertiary/aromatic N) is 2. The Bertz CT molecular complexity index is 664. The number of aldehydes is 1. The molecule has 0 saturated heterocycles. The van der Waals surface area contributed by atoms with Crippen LogP contribution in [-0.2, 0) is 0 Å². The van der Waals surface area contributed by atoms with Gasteiger partial charge in [0.05, 0.1) is 29.8 Å². The third-order valence-corrected chi connectivity index (χ3v) is 3.27. The third kappa shape index (κ3) is 2.49. The minimum absolute atomic E-state index is 0.0799. The first-order valence-electron chi connectivity index (χ1n) is 5.51. The predicted molar refractivity (Wildman–Crippen MR) is 73.6 cm³/mol. The van der Waals surface area contributed by atoms with Gasteiger partial charge in [-0.25, -0.2) is 4.39 Å².